The van der Waals surface area contributed by atoms with E-state index in [1.54, 1.807) is 32.4 Å². The van der Waals surface area contributed by atoms with Crippen LogP contribution in [0.15, 0.2) is 12.1 Å². The second-order valence-corrected chi connectivity index (χ2v) is 9.89. The first-order chi connectivity index (χ1) is 14.1. The monoisotopic (exact) mass is 467 g/mol. The Labute approximate surface area is 178 Å². The smallest absolute Gasteiger partial charge is 0.332 e. The molecule has 1 aromatic rings. The summed E-state index contributed by atoms with van der Waals surface area (Å²) in [6.07, 6.45) is -5.04. The average Bonchev–Trinajstić information content (AvgIpc) is 2.94. The first-order valence-corrected chi connectivity index (χ1v) is 11.2. The van der Waals surface area contributed by atoms with E-state index in [9.17, 15) is 35.6 Å². The maximum absolute atomic E-state index is 14.0. The second-order valence-electron chi connectivity index (χ2n) is 8.02. The number of anilines is 1. The van der Waals surface area contributed by atoms with Crippen molar-refractivity contribution in [2.24, 2.45) is 0 Å². The molecule has 12 heteroatoms. The van der Waals surface area contributed by atoms with Gasteiger partial charge in [0.1, 0.15) is 12.4 Å². The minimum atomic E-state index is -4.66. The van der Waals surface area contributed by atoms with Crippen LogP contribution in [-0.4, -0.2) is 49.8 Å². The number of likely N-dealkylation sites (tertiary alicyclic amines) is 1. The van der Waals surface area contributed by atoms with Crippen LogP contribution >= 0.6 is 0 Å². The molecule has 1 heterocycles. The molecule has 174 valence electrons. The molecular weight excluding hydrogens is 442 g/mol. The van der Waals surface area contributed by atoms with Crippen molar-refractivity contribution in [3.05, 3.63) is 29.1 Å². The van der Waals surface area contributed by atoms with Crippen molar-refractivity contribution in [2.75, 3.05) is 18.4 Å². The summed E-state index contributed by atoms with van der Waals surface area (Å²) >= 11 is 0. The Morgan fingerprint density at radius 2 is 1.68 bits per heavy atom. The molecule has 1 atom stereocenters. The van der Waals surface area contributed by atoms with Crippen molar-refractivity contribution < 1.29 is 35.6 Å². The van der Waals surface area contributed by atoms with Crippen molar-refractivity contribution in [2.45, 2.75) is 57.4 Å². The highest BCUT2D eigenvalue weighted by atomic mass is 32.2. The van der Waals surface area contributed by atoms with Crippen molar-refractivity contribution in [3.63, 3.8) is 0 Å². The van der Waals surface area contributed by atoms with E-state index < -0.39 is 52.3 Å². The predicted molar refractivity (Wildman–Crippen MR) is 107 cm³/mol. The van der Waals surface area contributed by atoms with Gasteiger partial charge in [-0.15, -0.1) is 0 Å². The van der Waals surface area contributed by atoms with Crippen LogP contribution in [-0.2, 0) is 14.8 Å². The Morgan fingerprint density at radius 1 is 1.16 bits per heavy atom. The predicted octanol–water partition coefficient (Wildman–Crippen LogP) is 3.69. The van der Waals surface area contributed by atoms with Crippen LogP contribution in [0.5, 0.6) is 0 Å². The Hall–Kier alpha value is -2.37. The fourth-order valence-corrected chi connectivity index (χ4v) is 4.70. The van der Waals surface area contributed by atoms with Gasteiger partial charge in [0.2, 0.25) is 15.9 Å². The molecule has 31 heavy (non-hydrogen) atoms. The Bertz CT molecular complexity index is 932. The molecule has 2 N–H and O–H groups in total. The third-order valence-corrected chi connectivity index (χ3v) is 6.53. The summed E-state index contributed by atoms with van der Waals surface area (Å²) in [4.78, 5) is 25.0. The van der Waals surface area contributed by atoms with Crippen LogP contribution in [0.3, 0.4) is 0 Å². The number of sulfonamides is 1. The van der Waals surface area contributed by atoms with Gasteiger partial charge in [-0.3, -0.25) is 4.79 Å². The maximum Gasteiger partial charge on any atom is 0.406 e. The number of nitrogens with one attached hydrogen (secondary N) is 2. The Morgan fingerprint density at radius 3 is 2.13 bits per heavy atom. The quantitative estimate of drug-likeness (QED) is 0.624. The maximum atomic E-state index is 14.0. The number of urea groups is 1. The first kappa shape index (κ1) is 24.9. The minimum absolute atomic E-state index is 0.201. The van der Waals surface area contributed by atoms with Crippen LogP contribution in [0, 0.1) is 5.82 Å². The number of hydrogen-bond acceptors (Lipinski definition) is 4. The molecule has 0 bridgehead atoms. The summed E-state index contributed by atoms with van der Waals surface area (Å²) in [5.74, 6) is -2.13. The molecule has 1 saturated heterocycles. The summed E-state index contributed by atoms with van der Waals surface area (Å²) in [6, 6.07) is 1.28. The fraction of sp³-hybridized carbons (Fsp3) is 0.579. The van der Waals surface area contributed by atoms with E-state index in [1.165, 1.54) is 12.1 Å². The molecule has 7 nitrogen and oxygen atoms in total. The first-order valence-electron chi connectivity index (χ1n) is 9.64. The molecule has 1 aliphatic heterocycles. The van der Waals surface area contributed by atoms with E-state index in [4.69, 9.17) is 0 Å². The molecule has 1 aliphatic rings. The zero-order valence-corrected chi connectivity index (χ0v) is 18.3. The van der Waals surface area contributed by atoms with Gasteiger partial charge in [-0.2, -0.15) is 13.2 Å². The molecule has 0 saturated carbocycles. The highest BCUT2D eigenvalue weighted by Crippen LogP contribution is 2.33. The zero-order chi connectivity index (χ0) is 23.7. The van der Waals surface area contributed by atoms with Gasteiger partial charge < -0.3 is 10.2 Å². The lowest BCUT2D eigenvalue weighted by atomic mass is 9.92. The van der Waals surface area contributed by atoms with Crippen LogP contribution in [0.1, 0.15) is 57.1 Å². The third kappa shape index (κ3) is 6.08. The SMILES string of the molecule is CC(C)c1cc(F)cc(C(C)C)c1NC(=O)NS(=O)(=O)C1CCN(CC(F)(F)F)C1=O. The zero-order valence-electron chi connectivity index (χ0n) is 17.5. The number of benzene rings is 1. The van der Waals surface area contributed by atoms with Crippen molar-refractivity contribution in [3.8, 4) is 0 Å². The molecule has 0 radical (unpaired) electrons. The van der Waals surface area contributed by atoms with Gasteiger partial charge in [-0.1, -0.05) is 27.7 Å². The lowest BCUT2D eigenvalue weighted by Gasteiger charge is -2.21. The number of amides is 3. The van der Waals surface area contributed by atoms with Crippen molar-refractivity contribution >= 4 is 27.6 Å². The van der Waals surface area contributed by atoms with Crippen molar-refractivity contribution in [1.29, 1.82) is 0 Å². The third-order valence-electron chi connectivity index (χ3n) is 4.87. The number of halogens is 4. The molecule has 3 amide bonds. The molecular formula is C19H25F4N3O4S. The molecule has 0 aliphatic carbocycles. The lowest BCUT2D eigenvalue weighted by molar-refractivity contribution is -0.157. The summed E-state index contributed by atoms with van der Waals surface area (Å²) in [5.41, 5.74) is 1.14. The summed E-state index contributed by atoms with van der Waals surface area (Å²) in [7, 11) is -4.59. The van der Waals surface area contributed by atoms with E-state index in [0.29, 0.717) is 16.0 Å². The summed E-state index contributed by atoms with van der Waals surface area (Å²) in [5, 5.41) is 0.609. The van der Waals surface area contributed by atoms with Crippen LogP contribution in [0.2, 0.25) is 0 Å². The number of nitrogens with zero attached hydrogens (tertiary/aromatic N) is 1. The van der Waals surface area contributed by atoms with Gasteiger partial charge in [0.05, 0.1) is 0 Å². The number of carbonyl (C=O) groups excluding carboxylic acids is 2. The highest BCUT2D eigenvalue weighted by Gasteiger charge is 2.45. The fourth-order valence-electron chi connectivity index (χ4n) is 3.42. The van der Waals surface area contributed by atoms with E-state index in [2.05, 4.69) is 5.32 Å². The molecule has 2 rings (SSSR count). The molecule has 1 unspecified atom stereocenters. The van der Waals surface area contributed by atoms with E-state index in [-0.39, 0.29) is 23.9 Å². The number of rotatable bonds is 6. The van der Waals surface area contributed by atoms with Gasteiger partial charge >= 0.3 is 12.2 Å². The van der Waals surface area contributed by atoms with Gasteiger partial charge in [-0.05, 0) is 41.5 Å². The molecule has 1 aromatic carbocycles. The number of carbonyl (C=O) groups is 2. The molecule has 0 spiro atoms. The molecule has 0 aromatic heterocycles. The standard InChI is InChI=1S/C19H25F4N3O4S/c1-10(2)13-7-12(20)8-14(11(3)4)16(13)24-18(28)25-31(29,30)15-5-6-26(17(15)27)9-19(21,22)23/h7-8,10-11,15H,5-6,9H2,1-4H3,(H2,24,25,28). The minimum Gasteiger partial charge on any atom is -0.332 e. The Kier molecular flexibility index (Phi) is 7.24. The summed E-state index contributed by atoms with van der Waals surface area (Å²) in [6.45, 7) is 5.13. The van der Waals surface area contributed by atoms with E-state index >= 15 is 0 Å². The topological polar surface area (TPSA) is 95.6 Å². The van der Waals surface area contributed by atoms with Gasteiger partial charge in [0.15, 0.2) is 5.25 Å². The Balaban J connectivity index is 2.22. The lowest BCUT2D eigenvalue weighted by Crippen LogP contribution is -2.45. The molecule has 1 fully saturated rings. The second kappa shape index (κ2) is 9.01. The number of hydrogen-bond donors (Lipinski definition) is 2. The summed E-state index contributed by atoms with van der Waals surface area (Å²) < 4.78 is 78.3. The number of alkyl halides is 3. The van der Waals surface area contributed by atoms with Gasteiger partial charge in [0.25, 0.3) is 0 Å². The largest absolute Gasteiger partial charge is 0.406 e. The average molecular weight is 467 g/mol. The van der Waals surface area contributed by atoms with Gasteiger partial charge in [-0.25, -0.2) is 22.3 Å². The van der Waals surface area contributed by atoms with Crippen LogP contribution < -0.4 is 10.0 Å². The van der Waals surface area contributed by atoms with E-state index in [0.717, 1.165) is 0 Å². The van der Waals surface area contributed by atoms with Crippen LogP contribution in [0.4, 0.5) is 28.0 Å². The van der Waals surface area contributed by atoms with Crippen molar-refractivity contribution in [1.82, 2.24) is 9.62 Å². The normalized spacial score (nSPS) is 17.5. The van der Waals surface area contributed by atoms with Gasteiger partial charge in [0, 0.05) is 12.2 Å². The van der Waals surface area contributed by atoms with E-state index in [1.807, 2.05) is 0 Å². The highest BCUT2D eigenvalue weighted by molar-refractivity contribution is 7.91. The van der Waals surface area contributed by atoms with Crippen LogP contribution in [0.25, 0.3) is 0 Å².